The molecule has 1 heterocycles. The van der Waals surface area contributed by atoms with Gasteiger partial charge in [-0.3, -0.25) is 4.99 Å². The minimum Gasteiger partial charge on any atom is -0.261 e. The van der Waals surface area contributed by atoms with Crippen molar-refractivity contribution < 1.29 is 0 Å². The van der Waals surface area contributed by atoms with Crippen molar-refractivity contribution in [1.82, 2.24) is 0 Å². The van der Waals surface area contributed by atoms with E-state index in [0.717, 1.165) is 6.42 Å². The molecule has 1 nitrogen and oxygen atoms in total. The highest BCUT2D eigenvalue weighted by Crippen LogP contribution is 2.42. The van der Waals surface area contributed by atoms with Gasteiger partial charge in [0.2, 0.25) is 0 Å². The van der Waals surface area contributed by atoms with Gasteiger partial charge in [-0.15, -0.1) is 12.4 Å². The normalized spacial score (nSPS) is 18.6. The van der Waals surface area contributed by atoms with Gasteiger partial charge in [0.15, 0.2) is 0 Å². The lowest BCUT2D eigenvalue weighted by atomic mass is 10.0. The Balaban J connectivity index is 0.000000750. The van der Waals surface area contributed by atoms with Crippen molar-refractivity contribution in [1.29, 1.82) is 0 Å². The topological polar surface area (TPSA) is 12.4 Å². The van der Waals surface area contributed by atoms with E-state index in [1.807, 2.05) is 12.3 Å². The summed E-state index contributed by atoms with van der Waals surface area (Å²) in [4.78, 5) is 4.32. The number of rotatable bonds is 0. The summed E-state index contributed by atoms with van der Waals surface area (Å²) in [6.45, 7) is 0. The summed E-state index contributed by atoms with van der Waals surface area (Å²) in [6.07, 6.45) is 7.05. The van der Waals surface area contributed by atoms with Crippen LogP contribution in [-0.2, 0) is 0 Å². The van der Waals surface area contributed by atoms with Crippen LogP contribution in [0.25, 0.3) is 11.6 Å². The number of benzene rings is 1. The number of hydrogen-bond donors (Lipinski definition) is 0. The van der Waals surface area contributed by atoms with Gasteiger partial charge in [-0.2, -0.15) is 0 Å². The van der Waals surface area contributed by atoms with Gasteiger partial charge in [0.1, 0.15) is 0 Å². The molecule has 3 rings (SSSR count). The van der Waals surface area contributed by atoms with Gasteiger partial charge in [-0.25, -0.2) is 0 Å². The first-order valence-corrected chi connectivity index (χ1v) is 4.47. The smallest absolute Gasteiger partial charge is 0.0490 e. The SMILES string of the molecule is C1=NC2=C(C2)c2ccccc2/C=C\1.Cl. The Kier molecular flexibility index (Phi) is 2.26. The minimum absolute atomic E-state index is 0. The highest BCUT2D eigenvalue weighted by atomic mass is 35.5. The molecule has 0 unspecified atom stereocenters. The minimum atomic E-state index is 0. The maximum atomic E-state index is 4.32. The van der Waals surface area contributed by atoms with Crippen molar-refractivity contribution in [3.8, 4) is 0 Å². The second-order valence-electron chi connectivity index (χ2n) is 3.33. The highest BCUT2D eigenvalue weighted by Gasteiger charge is 2.24. The molecule has 1 aromatic carbocycles. The number of aliphatic imine (C=N–C) groups is 1. The number of nitrogens with zero attached hydrogens (tertiary/aromatic N) is 1. The quantitative estimate of drug-likeness (QED) is 0.614. The highest BCUT2D eigenvalue weighted by molar-refractivity contribution is 5.92. The van der Waals surface area contributed by atoms with E-state index in [2.05, 4.69) is 35.3 Å². The third-order valence-corrected chi connectivity index (χ3v) is 2.45. The van der Waals surface area contributed by atoms with Crippen LogP contribution in [0.2, 0.25) is 0 Å². The fraction of sp³-hybridized carbons (Fsp3) is 0.0833. The van der Waals surface area contributed by atoms with E-state index < -0.39 is 0 Å². The van der Waals surface area contributed by atoms with E-state index in [-0.39, 0.29) is 12.4 Å². The molecule has 2 aliphatic rings. The summed E-state index contributed by atoms with van der Waals surface area (Å²) in [5.41, 5.74) is 5.32. The van der Waals surface area contributed by atoms with Crippen molar-refractivity contribution in [3.05, 3.63) is 47.2 Å². The summed E-state index contributed by atoms with van der Waals surface area (Å²) in [6, 6.07) is 8.47. The summed E-state index contributed by atoms with van der Waals surface area (Å²) in [5.74, 6) is 0. The van der Waals surface area contributed by atoms with E-state index in [9.17, 15) is 0 Å². The molecule has 2 heteroatoms. The second-order valence-corrected chi connectivity index (χ2v) is 3.33. The molecule has 0 fully saturated rings. The molecule has 1 aliphatic heterocycles. The van der Waals surface area contributed by atoms with Gasteiger partial charge in [0.05, 0.1) is 0 Å². The lowest BCUT2D eigenvalue weighted by Gasteiger charge is -2.00. The van der Waals surface area contributed by atoms with E-state index in [4.69, 9.17) is 0 Å². The first-order chi connectivity index (χ1) is 6.45. The summed E-state index contributed by atoms with van der Waals surface area (Å²) < 4.78 is 0. The average Bonchev–Trinajstić information content (AvgIpc) is 2.88. The van der Waals surface area contributed by atoms with Crippen LogP contribution >= 0.6 is 12.4 Å². The monoisotopic (exact) mass is 203 g/mol. The largest absolute Gasteiger partial charge is 0.261 e. The van der Waals surface area contributed by atoms with Gasteiger partial charge >= 0.3 is 0 Å². The zero-order valence-corrected chi connectivity index (χ0v) is 8.42. The molecule has 1 aromatic rings. The van der Waals surface area contributed by atoms with Crippen LogP contribution in [-0.4, -0.2) is 6.21 Å². The van der Waals surface area contributed by atoms with Crippen molar-refractivity contribution in [2.75, 3.05) is 0 Å². The predicted molar refractivity (Wildman–Crippen MR) is 62.8 cm³/mol. The number of fused-ring (bicyclic) bond motifs is 2. The first-order valence-electron chi connectivity index (χ1n) is 4.47. The Morgan fingerprint density at radius 2 is 2.00 bits per heavy atom. The van der Waals surface area contributed by atoms with Crippen molar-refractivity contribution in [3.63, 3.8) is 0 Å². The van der Waals surface area contributed by atoms with Gasteiger partial charge in [0, 0.05) is 18.3 Å². The number of halogens is 1. The third-order valence-electron chi connectivity index (χ3n) is 2.45. The summed E-state index contributed by atoms with van der Waals surface area (Å²) in [5, 5.41) is 0. The molecule has 0 aromatic heterocycles. The standard InChI is InChI=1S/C12H9N.ClH/c1-2-6-10-9(4-1)5-3-7-13-12-8-11(10)12;/h1-7H,8H2;1H/b5-3-,7-3?,9-5?,11-10?,13-7?,13-12?;. The van der Waals surface area contributed by atoms with Crippen LogP contribution in [0.5, 0.6) is 0 Å². The zero-order chi connectivity index (χ0) is 8.67. The van der Waals surface area contributed by atoms with Gasteiger partial charge in [0.25, 0.3) is 0 Å². The molecule has 0 bridgehead atoms. The Morgan fingerprint density at radius 1 is 1.14 bits per heavy atom. The van der Waals surface area contributed by atoms with Crippen LogP contribution in [0.4, 0.5) is 0 Å². The molecule has 0 saturated heterocycles. The number of allylic oxidation sites excluding steroid dienone is 3. The molecule has 1 aliphatic carbocycles. The van der Waals surface area contributed by atoms with E-state index in [1.165, 1.54) is 22.4 Å². The lowest BCUT2D eigenvalue weighted by Crippen LogP contribution is -1.81. The summed E-state index contributed by atoms with van der Waals surface area (Å²) >= 11 is 0. The Labute approximate surface area is 89.3 Å². The average molecular weight is 204 g/mol. The van der Waals surface area contributed by atoms with Gasteiger partial charge in [-0.05, 0) is 22.8 Å². The Hall–Kier alpha value is -1.34. The maximum Gasteiger partial charge on any atom is 0.0490 e. The molecule has 14 heavy (non-hydrogen) atoms. The lowest BCUT2D eigenvalue weighted by molar-refractivity contribution is 1.41. The van der Waals surface area contributed by atoms with Crippen molar-refractivity contribution >= 4 is 30.3 Å². The zero-order valence-electron chi connectivity index (χ0n) is 7.60. The van der Waals surface area contributed by atoms with Crippen LogP contribution < -0.4 is 0 Å². The molecule has 0 N–H and O–H groups in total. The number of hydrogen-bond acceptors (Lipinski definition) is 1. The maximum absolute atomic E-state index is 4.32. The molecule has 70 valence electrons. The van der Waals surface area contributed by atoms with Gasteiger partial charge in [-0.1, -0.05) is 30.3 Å². The molecular weight excluding hydrogens is 194 g/mol. The fourth-order valence-corrected chi connectivity index (χ4v) is 1.69. The fourth-order valence-electron chi connectivity index (χ4n) is 1.69. The summed E-state index contributed by atoms with van der Waals surface area (Å²) in [7, 11) is 0. The van der Waals surface area contributed by atoms with E-state index in [0.29, 0.717) is 0 Å². The Bertz CT molecular complexity index is 455. The van der Waals surface area contributed by atoms with Crippen molar-refractivity contribution in [2.45, 2.75) is 6.42 Å². The van der Waals surface area contributed by atoms with Crippen LogP contribution in [0.3, 0.4) is 0 Å². The van der Waals surface area contributed by atoms with E-state index in [1.54, 1.807) is 0 Å². The third kappa shape index (κ3) is 1.40. The Morgan fingerprint density at radius 3 is 2.93 bits per heavy atom. The molecule has 0 saturated carbocycles. The van der Waals surface area contributed by atoms with Crippen LogP contribution in [0.1, 0.15) is 17.5 Å². The molecule has 0 atom stereocenters. The predicted octanol–water partition coefficient (Wildman–Crippen LogP) is 3.32. The first kappa shape index (κ1) is 9.22. The van der Waals surface area contributed by atoms with Crippen molar-refractivity contribution in [2.24, 2.45) is 4.99 Å². The molecule has 0 spiro atoms. The van der Waals surface area contributed by atoms with Gasteiger partial charge < -0.3 is 0 Å². The van der Waals surface area contributed by atoms with Crippen LogP contribution in [0, 0.1) is 0 Å². The molecule has 0 amide bonds. The molecule has 0 radical (unpaired) electrons. The van der Waals surface area contributed by atoms with Crippen LogP contribution in [0.15, 0.2) is 41.0 Å². The molecular formula is C12H10ClN. The second kappa shape index (κ2) is 3.43. The van der Waals surface area contributed by atoms with E-state index >= 15 is 0 Å².